The molecule has 0 aliphatic carbocycles. The number of nitrogens with zero attached hydrogens (tertiary/aromatic N) is 3. The molecule has 2 aromatic rings. The Hall–Kier alpha value is -3.01. The van der Waals surface area contributed by atoms with Crippen LogP contribution in [0.25, 0.3) is 0 Å². The molecule has 1 heterocycles. The number of hydrogen-bond acceptors (Lipinski definition) is 6. The molecule has 0 N–H and O–H groups in total. The summed E-state index contributed by atoms with van der Waals surface area (Å²) < 4.78 is 26.6. The predicted molar refractivity (Wildman–Crippen MR) is 89.9 cm³/mol. The minimum Gasteiger partial charge on any atom is -0.269 e. The second-order valence-electron chi connectivity index (χ2n) is 5.53. The number of sulfonamides is 1. The van der Waals surface area contributed by atoms with E-state index >= 15 is 0 Å². The fraction of sp³-hybridized carbons (Fsp3) is 0.200. The van der Waals surface area contributed by atoms with Crippen molar-refractivity contribution in [3.05, 3.63) is 73.8 Å². The van der Waals surface area contributed by atoms with E-state index in [0.717, 1.165) is 4.31 Å². The molecule has 3 rings (SSSR count). The highest BCUT2D eigenvalue weighted by Crippen LogP contribution is 2.35. The number of rotatable bonds is 5. The molecule has 0 bridgehead atoms. The summed E-state index contributed by atoms with van der Waals surface area (Å²) >= 11 is 0. The number of nitro benzene ring substituents is 2. The van der Waals surface area contributed by atoms with E-state index in [4.69, 9.17) is 0 Å². The van der Waals surface area contributed by atoms with Crippen LogP contribution in [-0.2, 0) is 22.2 Å². The van der Waals surface area contributed by atoms with Crippen LogP contribution in [0.15, 0.2) is 42.5 Å². The Morgan fingerprint density at radius 2 is 1.76 bits per heavy atom. The Bertz CT molecular complexity index is 973. The lowest BCUT2D eigenvalue weighted by molar-refractivity contribution is -0.385. The second-order valence-corrected chi connectivity index (χ2v) is 7.43. The zero-order chi connectivity index (χ0) is 18.2. The first-order valence-electron chi connectivity index (χ1n) is 7.29. The molecule has 0 amide bonds. The van der Waals surface area contributed by atoms with Gasteiger partial charge in [-0.1, -0.05) is 24.3 Å². The van der Waals surface area contributed by atoms with Crippen molar-refractivity contribution in [2.75, 3.05) is 10.8 Å². The molecular weight excluding hydrogens is 350 g/mol. The number of para-hydroxylation sites is 1. The van der Waals surface area contributed by atoms with E-state index in [0.29, 0.717) is 12.0 Å². The third-order valence-electron chi connectivity index (χ3n) is 3.99. The van der Waals surface area contributed by atoms with E-state index in [1.807, 2.05) is 0 Å². The molecule has 0 unspecified atom stereocenters. The Morgan fingerprint density at radius 1 is 1.04 bits per heavy atom. The first kappa shape index (κ1) is 16.8. The maximum atomic E-state index is 12.8. The highest BCUT2D eigenvalue weighted by atomic mass is 32.2. The predicted octanol–water partition coefficient (Wildman–Crippen LogP) is 2.40. The summed E-state index contributed by atoms with van der Waals surface area (Å²) in [7, 11) is -3.92. The van der Waals surface area contributed by atoms with Crippen molar-refractivity contribution in [3.63, 3.8) is 0 Å². The largest absolute Gasteiger partial charge is 0.273 e. The Balaban J connectivity index is 1.97. The third kappa shape index (κ3) is 3.15. The van der Waals surface area contributed by atoms with Crippen molar-refractivity contribution in [1.29, 1.82) is 0 Å². The van der Waals surface area contributed by atoms with Gasteiger partial charge in [0.15, 0.2) is 0 Å². The van der Waals surface area contributed by atoms with Gasteiger partial charge in [0.25, 0.3) is 11.4 Å². The lowest BCUT2D eigenvalue weighted by atomic mass is 10.1. The summed E-state index contributed by atoms with van der Waals surface area (Å²) in [4.78, 5) is 20.8. The zero-order valence-electron chi connectivity index (χ0n) is 12.9. The number of nitro groups is 2. The first-order chi connectivity index (χ1) is 11.8. The topological polar surface area (TPSA) is 124 Å². The SMILES string of the molecule is O=[N+]([O-])c1ccc2c(c1)N(S(=O)(=O)Cc1ccccc1[N+](=O)[O-])CC2. The average molecular weight is 363 g/mol. The van der Waals surface area contributed by atoms with Crippen LogP contribution in [0.5, 0.6) is 0 Å². The number of fused-ring (bicyclic) bond motifs is 1. The van der Waals surface area contributed by atoms with Gasteiger partial charge in [-0.2, -0.15) is 0 Å². The van der Waals surface area contributed by atoms with Crippen LogP contribution < -0.4 is 4.31 Å². The highest BCUT2D eigenvalue weighted by Gasteiger charge is 2.32. The number of hydrogen-bond donors (Lipinski definition) is 0. The molecule has 0 aromatic heterocycles. The van der Waals surface area contributed by atoms with E-state index < -0.39 is 25.6 Å². The summed E-state index contributed by atoms with van der Waals surface area (Å²) in [5.74, 6) is -0.549. The molecule has 25 heavy (non-hydrogen) atoms. The van der Waals surface area contributed by atoms with Crippen LogP contribution in [-0.4, -0.2) is 24.8 Å². The smallest absolute Gasteiger partial charge is 0.269 e. The number of anilines is 1. The van der Waals surface area contributed by atoms with Crippen LogP contribution in [0.4, 0.5) is 17.1 Å². The molecule has 9 nitrogen and oxygen atoms in total. The maximum Gasteiger partial charge on any atom is 0.273 e. The highest BCUT2D eigenvalue weighted by molar-refractivity contribution is 7.92. The first-order valence-corrected chi connectivity index (χ1v) is 8.90. The van der Waals surface area contributed by atoms with Crippen molar-refractivity contribution in [2.24, 2.45) is 0 Å². The van der Waals surface area contributed by atoms with Gasteiger partial charge in [0, 0.05) is 30.3 Å². The fourth-order valence-corrected chi connectivity index (χ4v) is 4.46. The molecular formula is C15H13N3O6S. The minimum absolute atomic E-state index is 0.0754. The number of benzene rings is 2. The molecule has 0 radical (unpaired) electrons. The summed E-state index contributed by atoms with van der Waals surface area (Å²) in [5.41, 5.74) is 0.548. The average Bonchev–Trinajstić information content (AvgIpc) is 2.98. The Morgan fingerprint density at radius 3 is 2.44 bits per heavy atom. The van der Waals surface area contributed by atoms with Crippen LogP contribution >= 0.6 is 0 Å². The van der Waals surface area contributed by atoms with Crippen molar-refractivity contribution in [3.8, 4) is 0 Å². The van der Waals surface area contributed by atoms with E-state index in [1.165, 1.54) is 42.5 Å². The monoisotopic (exact) mass is 363 g/mol. The fourth-order valence-electron chi connectivity index (χ4n) is 2.83. The van der Waals surface area contributed by atoms with Gasteiger partial charge in [-0.05, 0) is 12.0 Å². The molecule has 2 aromatic carbocycles. The van der Waals surface area contributed by atoms with Crippen molar-refractivity contribution in [2.45, 2.75) is 12.2 Å². The van der Waals surface area contributed by atoms with E-state index in [-0.39, 0.29) is 29.2 Å². The third-order valence-corrected chi connectivity index (χ3v) is 5.72. The lowest BCUT2D eigenvalue weighted by Gasteiger charge is -2.19. The van der Waals surface area contributed by atoms with Crippen molar-refractivity contribution >= 4 is 27.1 Å². The number of non-ortho nitro benzene ring substituents is 1. The molecule has 1 aliphatic heterocycles. The van der Waals surface area contributed by atoms with E-state index in [9.17, 15) is 28.6 Å². The van der Waals surface area contributed by atoms with E-state index in [1.54, 1.807) is 0 Å². The van der Waals surface area contributed by atoms with Crippen molar-refractivity contribution < 1.29 is 18.3 Å². The maximum absolute atomic E-state index is 12.8. The van der Waals surface area contributed by atoms with Gasteiger partial charge in [-0.25, -0.2) is 8.42 Å². The molecule has 0 spiro atoms. The zero-order valence-corrected chi connectivity index (χ0v) is 13.7. The van der Waals surface area contributed by atoms with Gasteiger partial charge in [-0.15, -0.1) is 0 Å². The Labute approximate surface area is 142 Å². The molecule has 130 valence electrons. The van der Waals surface area contributed by atoms with Crippen LogP contribution in [0, 0.1) is 20.2 Å². The van der Waals surface area contributed by atoms with Gasteiger partial charge in [0.2, 0.25) is 10.0 Å². The molecule has 0 saturated carbocycles. The molecule has 0 fully saturated rings. The van der Waals surface area contributed by atoms with Crippen LogP contribution in [0.2, 0.25) is 0 Å². The molecule has 10 heteroatoms. The van der Waals surface area contributed by atoms with Gasteiger partial charge in [-0.3, -0.25) is 24.5 Å². The second kappa shape index (κ2) is 6.13. The van der Waals surface area contributed by atoms with Crippen LogP contribution in [0.1, 0.15) is 11.1 Å². The quantitative estimate of drug-likeness (QED) is 0.593. The van der Waals surface area contributed by atoms with E-state index in [2.05, 4.69) is 0 Å². The molecule has 0 atom stereocenters. The molecule has 0 saturated heterocycles. The van der Waals surface area contributed by atoms with Gasteiger partial charge in [0.1, 0.15) is 5.75 Å². The summed E-state index contributed by atoms with van der Waals surface area (Å²) in [5, 5.41) is 22.0. The van der Waals surface area contributed by atoms with Crippen LogP contribution in [0.3, 0.4) is 0 Å². The normalized spacial score (nSPS) is 13.5. The van der Waals surface area contributed by atoms with Crippen molar-refractivity contribution in [1.82, 2.24) is 0 Å². The lowest BCUT2D eigenvalue weighted by Crippen LogP contribution is -2.30. The summed E-state index contributed by atoms with van der Waals surface area (Å²) in [6, 6.07) is 9.71. The Kier molecular flexibility index (Phi) is 4.13. The molecule has 1 aliphatic rings. The minimum atomic E-state index is -3.92. The standard InChI is InChI=1S/C15H13N3O6S/c19-17(20)13-6-5-11-7-8-16(15(11)9-13)25(23,24)10-12-3-1-2-4-14(12)18(21)22/h1-6,9H,7-8,10H2. The van der Waals surface area contributed by atoms with Gasteiger partial charge >= 0.3 is 0 Å². The van der Waals surface area contributed by atoms with Gasteiger partial charge in [0.05, 0.1) is 15.5 Å². The summed E-state index contributed by atoms with van der Waals surface area (Å²) in [6.45, 7) is 0.152. The van der Waals surface area contributed by atoms with Gasteiger partial charge < -0.3 is 0 Å². The summed E-state index contributed by atoms with van der Waals surface area (Å²) in [6.07, 6.45) is 0.434.